The van der Waals surface area contributed by atoms with Gasteiger partial charge in [0, 0.05) is 19.4 Å². The summed E-state index contributed by atoms with van der Waals surface area (Å²) in [4.78, 5) is 20.9. The first kappa shape index (κ1) is 11.6. The van der Waals surface area contributed by atoms with Crippen LogP contribution in [0.5, 0.6) is 0 Å². The van der Waals surface area contributed by atoms with E-state index in [4.69, 9.17) is 0 Å². The number of rotatable bonds is 3. The van der Waals surface area contributed by atoms with Crippen LogP contribution in [0, 0.1) is 16.7 Å². The summed E-state index contributed by atoms with van der Waals surface area (Å²) in [7, 11) is 1.72. The highest BCUT2D eigenvalue weighted by Gasteiger charge is 2.43. The van der Waals surface area contributed by atoms with Gasteiger partial charge in [-0.2, -0.15) is 5.26 Å². The second-order valence-corrected chi connectivity index (χ2v) is 4.60. The van der Waals surface area contributed by atoms with Gasteiger partial charge < -0.3 is 9.88 Å². The van der Waals surface area contributed by atoms with Gasteiger partial charge in [-0.1, -0.05) is 12.8 Å². The van der Waals surface area contributed by atoms with Crippen molar-refractivity contribution in [3.05, 3.63) is 18.2 Å². The molecule has 0 bridgehead atoms. The molecule has 0 aliphatic heterocycles. The van der Waals surface area contributed by atoms with Gasteiger partial charge in [-0.3, -0.25) is 4.79 Å². The van der Waals surface area contributed by atoms with Crippen molar-refractivity contribution in [3.8, 4) is 6.07 Å². The van der Waals surface area contributed by atoms with Crippen molar-refractivity contribution in [2.75, 3.05) is 7.05 Å². The molecule has 2 rings (SSSR count). The van der Waals surface area contributed by atoms with Crippen LogP contribution in [0.15, 0.2) is 12.4 Å². The summed E-state index contributed by atoms with van der Waals surface area (Å²) < 4.78 is 0. The molecule has 0 saturated heterocycles. The third-order valence-electron chi connectivity index (χ3n) is 3.37. The molecule has 0 radical (unpaired) electrons. The molecule has 0 spiro atoms. The fourth-order valence-corrected chi connectivity index (χ4v) is 2.40. The second kappa shape index (κ2) is 4.58. The van der Waals surface area contributed by atoms with E-state index in [0.29, 0.717) is 19.4 Å². The number of nitrogens with zero attached hydrogens (tertiary/aromatic N) is 3. The smallest absolute Gasteiger partial charge is 0.243 e. The topological polar surface area (TPSA) is 72.8 Å². The highest BCUT2D eigenvalue weighted by Crippen LogP contribution is 2.39. The third-order valence-corrected chi connectivity index (χ3v) is 3.37. The molecule has 1 N–H and O–H groups in total. The number of hydrogen-bond donors (Lipinski definition) is 1. The van der Waals surface area contributed by atoms with Crippen LogP contribution in [0.4, 0.5) is 0 Å². The number of carbonyl (C=O) groups excluding carboxylic acids is 1. The van der Waals surface area contributed by atoms with Crippen LogP contribution in [0.1, 0.15) is 31.5 Å². The summed E-state index contributed by atoms with van der Waals surface area (Å²) >= 11 is 0. The lowest BCUT2D eigenvalue weighted by Gasteiger charge is -2.25. The van der Waals surface area contributed by atoms with Gasteiger partial charge in [-0.15, -0.1) is 0 Å². The summed E-state index contributed by atoms with van der Waals surface area (Å²) in [5.74, 6) is 0.667. The minimum Gasteiger partial charge on any atom is -0.347 e. The SMILES string of the molecule is CN(Cc1ncc[nH]1)C(=O)C1(C#N)CCCC1. The zero-order valence-electron chi connectivity index (χ0n) is 9.94. The molecule has 1 aromatic rings. The van der Waals surface area contributed by atoms with E-state index in [0.717, 1.165) is 18.7 Å². The Bertz CT molecular complexity index is 426. The number of imidazole rings is 1. The van der Waals surface area contributed by atoms with E-state index in [-0.39, 0.29) is 5.91 Å². The zero-order valence-corrected chi connectivity index (χ0v) is 9.94. The molecule has 1 heterocycles. The molecule has 0 atom stereocenters. The Morgan fingerprint density at radius 2 is 2.35 bits per heavy atom. The largest absolute Gasteiger partial charge is 0.347 e. The molecule has 17 heavy (non-hydrogen) atoms. The maximum atomic E-state index is 12.3. The fourth-order valence-electron chi connectivity index (χ4n) is 2.40. The summed E-state index contributed by atoms with van der Waals surface area (Å²) in [5.41, 5.74) is -0.790. The monoisotopic (exact) mass is 232 g/mol. The van der Waals surface area contributed by atoms with E-state index in [1.165, 1.54) is 0 Å². The van der Waals surface area contributed by atoms with Gasteiger partial charge in [-0.25, -0.2) is 4.98 Å². The number of H-pyrrole nitrogens is 1. The van der Waals surface area contributed by atoms with Crippen LogP contribution in [0.3, 0.4) is 0 Å². The summed E-state index contributed by atoms with van der Waals surface area (Å²) in [5, 5.41) is 9.24. The molecule has 0 unspecified atom stereocenters. The molecule has 1 aromatic heterocycles. The van der Waals surface area contributed by atoms with Crippen molar-refractivity contribution in [3.63, 3.8) is 0 Å². The average molecular weight is 232 g/mol. The number of carbonyl (C=O) groups is 1. The fraction of sp³-hybridized carbons (Fsp3) is 0.583. The predicted octanol–water partition coefficient (Wildman–Crippen LogP) is 1.45. The molecule has 5 nitrogen and oxygen atoms in total. The normalized spacial score (nSPS) is 17.6. The van der Waals surface area contributed by atoms with E-state index in [1.54, 1.807) is 24.3 Å². The quantitative estimate of drug-likeness (QED) is 0.857. The Balaban J connectivity index is 2.06. The van der Waals surface area contributed by atoms with Crippen molar-refractivity contribution in [1.29, 1.82) is 5.26 Å². The van der Waals surface area contributed by atoms with Crippen LogP contribution in [0.2, 0.25) is 0 Å². The summed E-state index contributed by atoms with van der Waals surface area (Å²) in [6, 6.07) is 2.22. The molecule has 1 fully saturated rings. The first-order valence-corrected chi connectivity index (χ1v) is 5.83. The molecular formula is C12H16N4O. The van der Waals surface area contributed by atoms with Crippen LogP contribution in [0.25, 0.3) is 0 Å². The standard InChI is InChI=1S/C12H16N4O/c1-16(8-10-14-6-7-15-10)11(17)12(9-13)4-2-3-5-12/h6-7H,2-5,8H2,1H3,(H,14,15). The highest BCUT2D eigenvalue weighted by molar-refractivity contribution is 5.85. The highest BCUT2D eigenvalue weighted by atomic mass is 16.2. The van der Waals surface area contributed by atoms with Crippen LogP contribution in [-0.4, -0.2) is 27.8 Å². The van der Waals surface area contributed by atoms with E-state index in [1.807, 2.05) is 0 Å². The van der Waals surface area contributed by atoms with Gasteiger partial charge in [0.15, 0.2) is 0 Å². The summed E-state index contributed by atoms with van der Waals surface area (Å²) in [6.07, 6.45) is 6.68. The lowest BCUT2D eigenvalue weighted by Crippen LogP contribution is -2.39. The minimum absolute atomic E-state index is 0.0751. The first-order chi connectivity index (χ1) is 8.18. The van der Waals surface area contributed by atoms with Gasteiger partial charge >= 0.3 is 0 Å². The van der Waals surface area contributed by atoms with E-state index >= 15 is 0 Å². The first-order valence-electron chi connectivity index (χ1n) is 5.83. The van der Waals surface area contributed by atoms with E-state index < -0.39 is 5.41 Å². The lowest BCUT2D eigenvalue weighted by atomic mass is 9.86. The van der Waals surface area contributed by atoms with Crippen molar-refractivity contribution in [2.45, 2.75) is 32.2 Å². The van der Waals surface area contributed by atoms with Crippen molar-refractivity contribution < 1.29 is 4.79 Å². The number of aromatic amines is 1. The van der Waals surface area contributed by atoms with Gasteiger partial charge in [0.1, 0.15) is 11.2 Å². The van der Waals surface area contributed by atoms with Gasteiger partial charge in [0.2, 0.25) is 5.91 Å². The van der Waals surface area contributed by atoms with Crippen LogP contribution in [-0.2, 0) is 11.3 Å². The Morgan fingerprint density at radius 3 is 2.88 bits per heavy atom. The molecule has 1 aliphatic rings. The van der Waals surface area contributed by atoms with Crippen molar-refractivity contribution >= 4 is 5.91 Å². The molecular weight excluding hydrogens is 216 g/mol. The Hall–Kier alpha value is -1.83. The number of amides is 1. The van der Waals surface area contributed by atoms with Crippen LogP contribution < -0.4 is 0 Å². The van der Waals surface area contributed by atoms with Gasteiger partial charge in [-0.05, 0) is 12.8 Å². The van der Waals surface area contributed by atoms with Crippen LogP contribution >= 0.6 is 0 Å². The molecule has 1 saturated carbocycles. The average Bonchev–Trinajstić information content (AvgIpc) is 2.99. The van der Waals surface area contributed by atoms with Crippen molar-refractivity contribution in [1.82, 2.24) is 14.9 Å². The molecule has 90 valence electrons. The number of nitriles is 1. The summed E-state index contributed by atoms with van der Waals surface area (Å²) in [6.45, 7) is 0.426. The van der Waals surface area contributed by atoms with Crippen molar-refractivity contribution in [2.24, 2.45) is 5.41 Å². The predicted molar refractivity (Wildman–Crippen MR) is 61.6 cm³/mol. The van der Waals surface area contributed by atoms with Gasteiger partial charge in [0.25, 0.3) is 0 Å². The Labute approximate surface area is 100 Å². The number of aromatic nitrogens is 2. The molecule has 1 aliphatic carbocycles. The molecule has 5 heteroatoms. The third kappa shape index (κ3) is 2.16. The maximum Gasteiger partial charge on any atom is 0.243 e. The van der Waals surface area contributed by atoms with E-state index in [9.17, 15) is 10.1 Å². The second-order valence-electron chi connectivity index (χ2n) is 4.60. The Kier molecular flexibility index (Phi) is 3.14. The number of hydrogen-bond acceptors (Lipinski definition) is 3. The number of nitrogens with one attached hydrogen (secondary N) is 1. The molecule has 0 aromatic carbocycles. The lowest BCUT2D eigenvalue weighted by molar-refractivity contribution is -0.138. The van der Waals surface area contributed by atoms with Gasteiger partial charge in [0.05, 0.1) is 12.6 Å². The molecule has 1 amide bonds. The maximum absolute atomic E-state index is 12.3. The minimum atomic E-state index is -0.790. The van der Waals surface area contributed by atoms with E-state index in [2.05, 4.69) is 16.0 Å². The zero-order chi connectivity index (χ0) is 12.3. The Morgan fingerprint density at radius 1 is 1.65 bits per heavy atom.